The highest BCUT2D eigenvalue weighted by molar-refractivity contribution is 7.80. The average Bonchev–Trinajstić information content (AvgIpc) is 2.46. The molecule has 0 aromatic carbocycles. The third-order valence-electron chi connectivity index (χ3n) is 3.14. The zero-order valence-electron chi connectivity index (χ0n) is 11.0. The minimum Gasteiger partial charge on any atom is -0.375 e. The largest absolute Gasteiger partial charge is 0.375 e. The van der Waals surface area contributed by atoms with Gasteiger partial charge in [-0.3, -0.25) is 4.98 Å². The monoisotopic (exact) mass is 277 g/mol. The van der Waals surface area contributed by atoms with Crippen LogP contribution >= 0.6 is 12.2 Å². The van der Waals surface area contributed by atoms with Crippen LogP contribution < -0.4 is 11.1 Å². The van der Waals surface area contributed by atoms with Crippen molar-refractivity contribution in [1.29, 1.82) is 0 Å². The van der Waals surface area contributed by atoms with Crippen LogP contribution in [0.25, 0.3) is 0 Å². The molecule has 5 nitrogen and oxygen atoms in total. The molecule has 0 spiro atoms. The van der Waals surface area contributed by atoms with Crippen LogP contribution in [0.2, 0.25) is 0 Å². The minimum atomic E-state index is 0.227. The number of aromatic nitrogens is 1. The standard InChI is InChI=1S/C13H19N5S/c1-10(12-6-2-3-8-16-12)17-18(13(14)19)11-5-4-7-15-9-11/h2-3,6,8,11,15H,4-5,7,9H2,1H3,(H2,14,19). The number of pyridine rings is 1. The molecule has 0 bridgehead atoms. The highest BCUT2D eigenvalue weighted by atomic mass is 32.1. The van der Waals surface area contributed by atoms with Gasteiger partial charge in [0.25, 0.3) is 0 Å². The Morgan fingerprint density at radius 1 is 1.58 bits per heavy atom. The van der Waals surface area contributed by atoms with Gasteiger partial charge in [0.2, 0.25) is 0 Å². The van der Waals surface area contributed by atoms with Crippen LogP contribution in [-0.4, -0.2) is 39.9 Å². The number of rotatable bonds is 3. The second-order valence-corrected chi connectivity index (χ2v) is 5.00. The van der Waals surface area contributed by atoms with Crippen LogP contribution in [-0.2, 0) is 0 Å². The summed E-state index contributed by atoms with van der Waals surface area (Å²) in [6, 6.07) is 5.97. The fraction of sp³-hybridized carbons (Fsp3) is 0.462. The van der Waals surface area contributed by atoms with Crippen molar-refractivity contribution in [1.82, 2.24) is 15.3 Å². The number of nitrogens with zero attached hydrogens (tertiary/aromatic N) is 3. The van der Waals surface area contributed by atoms with E-state index in [2.05, 4.69) is 15.4 Å². The summed E-state index contributed by atoms with van der Waals surface area (Å²) < 4.78 is 0. The lowest BCUT2D eigenvalue weighted by molar-refractivity contribution is 0.267. The fourth-order valence-electron chi connectivity index (χ4n) is 2.14. The summed E-state index contributed by atoms with van der Waals surface area (Å²) in [4.78, 5) is 4.28. The van der Waals surface area contributed by atoms with Gasteiger partial charge in [0.1, 0.15) is 0 Å². The molecule has 1 atom stereocenters. The maximum atomic E-state index is 5.80. The van der Waals surface area contributed by atoms with E-state index in [-0.39, 0.29) is 6.04 Å². The predicted octanol–water partition coefficient (Wildman–Crippen LogP) is 1.10. The molecule has 1 unspecified atom stereocenters. The normalized spacial score (nSPS) is 20.1. The first-order valence-corrected chi connectivity index (χ1v) is 6.85. The van der Waals surface area contributed by atoms with Gasteiger partial charge in [-0.2, -0.15) is 5.10 Å². The second-order valence-electron chi connectivity index (χ2n) is 4.58. The Kier molecular flexibility index (Phi) is 4.81. The van der Waals surface area contributed by atoms with E-state index in [4.69, 9.17) is 18.0 Å². The lowest BCUT2D eigenvalue weighted by Crippen LogP contribution is -2.48. The summed E-state index contributed by atoms with van der Waals surface area (Å²) in [6.45, 7) is 3.82. The number of hydrazone groups is 1. The zero-order chi connectivity index (χ0) is 13.7. The molecule has 0 radical (unpaired) electrons. The van der Waals surface area contributed by atoms with Gasteiger partial charge < -0.3 is 11.1 Å². The maximum absolute atomic E-state index is 5.80. The lowest BCUT2D eigenvalue weighted by Gasteiger charge is -2.31. The van der Waals surface area contributed by atoms with Crippen molar-refractivity contribution >= 4 is 23.0 Å². The van der Waals surface area contributed by atoms with E-state index in [1.54, 1.807) is 11.2 Å². The van der Waals surface area contributed by atoms with Crippen molar-refractivity contribution in [3.8, 4) is 0 Å². The molecule has 102 valence electrons. The van der Waals surface area contributed by atoms with E-state index in [0.29, 0.717) is 5.11 Å². The molecule has 19 heavy (non-hydrogen) atoms. The molecule has 2 heterocycles. The number of hydrogen-bond donors (Lipinski definition) is 2. The topological polar surface area (TPSA) is 66.5 Å². The molecule has 1 saturated heterocycles. The summed E-state index contributed by atoms with van der Waals surface area (Å²) in [5, 5.41) is 9.94. The van der Waals surface area contributed by atoms with Crippen molar-refractivity contribution in [2.75, 3.05) is 13.1 Å². The van der Waals surface area contributed by atoms with E-state index in [0.717, 1.165) is 37.3 Å². The molecular formula is C13H19N5S. The van der Waals surface area contributed by atoms with Gasteiger partial charge in [0.05, 0.1) is 17.4 Å². The summed E-state index contributed by atoms with van der Waals surface area (Å²) in [5.74, 6) is 0. The molecule has 2 rings (SSSR count). The van der Waals surface area contributed by atoms with Gasteiger partial charge in [0, 0.05) is 12.7 Å². The predicted molar refractivity (Wildman–Crippen MR) is 81.0 cm³/mol. The van der Waals surface area contributed by atoms with E-state index >= 15 is 0 Å². The van der Waals surface area contributed by atoms with Gasteiger partial charge in [-0.15, -0.1) is 0 Å². The summed E-state index contributed by atoms with van der Waals surface area (Å²) >= 11 is 5.11. The molecule has 0 amide bonds. The molecule has 0 saturated carbocycles. The molecule has 0 aliphatic carbocycles. The number of hydrogen-bond acceptors (Lipinski definition) is 4. The van der Waals surface area contributed by atoms with E-state index < -0.39 is 0 Å². The van der Waals surface area contributed by atoms with Crippen LogP contribution in [0.1, 0.15) is 25.5 Å². The first-order chi connectivity index (χ1) is 9.18. The third kappa shape index (κ3) is 3.71. The first-order valence-electron chi connectivity index (χ1n) is 6.44. The lowest BCUT2D eigenvalue weighted by atomic mass is 10.1. The van der Waals surface area contributed by atoms with Crippen molar-refractivity contribution in [3.05, 3.63) is 30.1 Å². The van der Waals surface area contributed by atoms with Crippen molar-refractivity contribution in [2.24, 2.45) is 10.8 Å². The Labute approximate surface area is 118 Å². The number of thiocarbonyl (C=S) groups is 1. The molecule has 1 fully saturated rings. The average molecular weight is 277 g/mol. The van der Waals surface area contributed by atoms with E-state index in [9.17, 15) is 0 Å². The Morgan fingerprint density at radius 3 is 3.00 bits per heavy atom. The first kappa shape index (κ1) is 13.9. The Morgan fingerprint density at radius 2 is 2.42 bits per heavy atom. The summed E-state index contributed by atoms with van der Waals surface area (Å²) in [7, 11) is 0. The molecule has 1 aliphatic rings. The molecule has 1 aromatic heterocycles. The third-order valence-corrected chi connectivity index (χ3v) is 3.32. The molecule has 1 aromatic rings. The number of nitrogens with one attached hydrogen (secondary N) is 1. The summed E-state index contributed by atoms with van der Waals surface area (Å²) in [6.07, 6.45) is 3.91. The fourth-order valence-corrected chi connectivity index (χ4v) is 2.33. The maximum Gasteiger partial charge on any atom is 0.187 e. The van der Waals surface area contributed by atoms with Gasteiger partial charge in [0.15, 0.2) is 5.11 Å². The molecule has 6 heteroatoms. The smallest absolute Gasteiger partial charge is 0.187 e. The molecule has 3 N–H and O–H groups in total. The van der Waals surface area contributed by atoms with Crippen LogP contribution in [0.5, 0.6) is 0 Å². The molecular weight excluding hydrogens is 258 g/mol. The zero-order valence-corrected chi connectivity index (χ0v) is 11.9. The Bertz CT molecular complexity index is 453. The van der Waals surface area contributed by atoms with Crippen molar-refractivity contribution in [3.63, 3.8) is 0 Å². The quantitative estimate of drug-likeness (QED) is 0.492. The Hall–Kier alpha value is -1.53. The highest BCUT2D eigenvalue weighted by Gasteiger charge is 2.22. The SMILES string of the molecule is CC(=NN(C(N)=S)C1CCCNC1)c1ccccn1. The van der Waals surface area contributed by atoms with Gasteiger partial charge in [-0.1, -0.05) is 6.07 Å². The van der Waals surface area contributed by atoms with Gasteiger partial charge in [-0.05, 0) is 50.7 Å². The minimum absolute atomic E-state index is 0.227. The van der Waals surface area contributed by atoms with Crippen molar-refractivity contribution in [2.45, 2.75) is 25.8 Å². The van der Waals surface area contributed by atoms with E-state index in [1.807, 2.05) is 25.1 Å². The van der Waals surface area contributed by atoms with Crippen LogP contribution in [0.15, 0.2) is 29.5 Å². The Balaban J connectivity index is 2.17. The summed E-state index contributed by atoms with van der Waals surface area (Å²) in [5.41, 5.74) is 7.45. The van der Waals surface area contributed by atoms with Crippen LogP contribution in [0.4, 0.5) is 0 Å². The highest BCUT2D eigenvalue weighted by Crippen LogP contribution is 2.12. The second kappa shape index (κ2) is 6.58. The van der Waals surface area contributed by atoms with Gasteiger partial charge >= 0.3 is 0 Å². The van der Waals surface area contributed by atoms with Gasteiger partial charge in [-0.25, -0.2) is 5.01 Å². The van der Waals surface area contributed by atoms with Crippen LogP contribution in [0.3, 0.4) is 0 Å². The van der Waals surface area contributed by atoms with Crippen LogP contribution in [0, 0.1) is 0 Å². The number of piperidine rings is 1. The van der Waals surface area contributed by atoms with Crippen molar-refractivity contribution < 1.29 is 0 Å². The van der Waals surface area contributed by atoms with E-state index in [1.165, 1.54) is 0 Å². The molecule has 1 aliphatic heterocycles. The number of nitrogens with two attached hydrogens (primary N) is 1.